The normalized spacial score (nSPS) is 12.1. The molecule has 116 heavy (non-hydrogen) atoms. The van der Waals surface area contributed by atoms with Gasteiger partial charge in [0.25, 0.3) is 0 Å². The van der Waals surface area contributed by atoms with Crippen LogP contribution < -0.4 is 20.5 Å². The Kier molecular flexibility index (Phi) is 27.1. The molecule has 0 aliphatic carbocycles. The fraction of sp³-hybridized carbons (Fsp3) is 0.291. The summed E-state index contributed by atoms with van der Waals surface area (Å²) in [5, 5.41) is 18.2. The van der Waals surface area contributed by atoms with Gasteiger partial charge in [-0.15, -0.1) is 0 Å². The SMILES string of the molecule is CC(C)(C)C#N.CC(C)(C)N(c1ccccc1)c1ccccc1.CC(C)(C)[Si](c1ccccc1)(c1ccccc1)c1ccccc1.CC(C)(C)c1ccc2c(c1)c1cc(C(C)(C)C)ccc1n2C(C)(C)C.CC(C)(C)c1cccc(-c2cc(-c3ccccc3)cc(-c3ccccc3)c2)n1.CC(C)(C)n1c2ccccc2c2ccccc21. The highest BCUT2D eigenvalue weighted by Gasteiger charge is 2.49. The van der Waals surface area contributed by atoms with Crippen molar-refractivity contribution in [2.24, 2.45) is 5.41 Å². The van der Waals surface area contributed by atoms with E-state index in [9.17, 15) is 0 Å². The van der Waals surface area contributed by atoms with Crippen LogP contribution in [0.3, 0.4) is 0 Å². The number of fused-ring (bicyclic) bond motifs is 6. The molecule has 0 aliphatic heterocycles. The number of hydrogen-bond donors (Lipinski definition) is 0. The minimum Gasteiger partial charge on any atom is -0.336 e. The van der Waals surface area contributed by atoms with E-state index in [0.717, 1.165) is 17.0 Å². The third kappa shape index (κ3) is 21.1. The lowest BCUT2D eigenvalue weighted by Gasteiger charge is -2.44. The second-order valence-electron chi connectivity index (χ2n) is 38.8. The quantitative estimate of drug-likeness (QED) is 0.113. The molecule has 0 saturated carbocycles. The Morgan fingerprint density at radius 3 is 0.888 bits per heavy atom. The van der Waals surface area contributed by atoms with Crippen molar-refractivity contribution in [3.63, 3.8) is 0 Å². The highest BCUT2D eigenvalue weighted by atomic mass is 28.3. The topological polar surface area (TPSA) is 49.8 Å². The first-order valence-corrected chi connectivity index (χ1v) is 43.4. The molecule has 0 amide bonds. The van der Waals surface area contributed by atoms with E-state index in [0.29, 0.717) is 0 Å². The largest absolute Gasteiger partial charge is 0.336 e. The van der Waals surface area contributed by atoms with Gasteiger partial charge in [0.1, 0.15) is 0 Å². The van der Waals surface area contributed by atoms with Crippen molar-refractivity contribution < 1.29 is 0 Å². The van der Waals surface area contributed by atoms with Crippen molar-refractivity contribution in [1.29, 1.82) is 5.26 Å². The van der Waals surface area contributed by atoms with Crippen LogP contribution in [0.2, 0.25) is 5.04 Å². The summed E-state index contributed by atoms with van der Waals surface area (Å²) < 4.78 is 4.92. The van der Waals surface area contributed by atoms with Crippen LogP contribution in [0.25, 0.3) is 77.1 Å². The Morgan fingerprint density at radius 1 is 0.284 bits per heavy atom. The van der Waals surface area contributed by atoms with Crippen molar-refractivity contribution in [1.82, 2.24) is 14.1 Å². The molecule has 15 rings (SSSR count). The van der Waals surface area contributed by atoms with E-state index < -0.39 is 8.07 Å². The van der Waals surface area contributed by atoms with Gasteiger partial charge in [0, 0.05) is 93.7 Å². The molecule has 6 heteroatoms. The van der Waals surface area contributed by atoms with Gasteiger partial charge in [0.2, 0.25) is 0 Å². The Morgan fingerprint density at radius 2 is 0.586 bits per heavy atom. The first-order valence-electron chi connectivity index (χ1n) is 41.4. The van der Waals surface area contributed by atoms with E-state index in [1.165, 1.54) is 104 Å². The van der Waals surface area contributed by atoms with Gasteiger partial charge in [-0.25, -0.2) is 0 Å². The Bertz CT molecular complexity index is 5380. The first-order chi connectivity index (χ1) is 54.6. The molecule has 5 nitrogen and oxygen atoms in total. The zero-order valence-electron chi connectivity index (χ0n) is 74.0. The van der Waals surface area contributed by atoms with Crippen molar-refractivity contribution in [3.05, 3.63) is 350 Å². The molecule has 0 fully saturated rings. The molecule has 596 valence electrons. The van der Waals surface area contributed by atoms with Crippen LogP contribution in [0.4, 0.5) is 11.4 Å². The van der Waals surface area contributed by atoms with Gasteiger partial charge in [0.05, 0.1) is 11.8 Å². The number of anilines is 2. The summed E-state index contributed by atoms with van der Waals surface area (Å²) in [6.45, 7) is 53.5. The van der Waals surface area contributed by atoms with Gasteiger partial charge in [-0.1, -0.05) is 326 Å². The maximum atomic E-state index is 8.15. The number of para-hydroxylation sites is 4. The van der Waals surface area contributed by atoms with Crippen molar-refractivity contribution in [3.8, 4) is 39.6 Å². The van der Waals surface area contributed by atoms with Crippen molar-refractivity contribution in [2.45, 2.75) is 204 Å². The van der Waals surface area contributed by atoms with Gasteiger partial charge in [-0.3, -0.25) is 4.98 Å². The van der Waals surface area contributed by atoms with Crippen LogP contribution in [-0.4, -0.2) is 27.7 Å². The van der Waals surface area contributed by atoms with Gasteiger partial charge < -0.3 is 14.0 Å². The maximum Gasteiger partial charge on any atom is 0.153 e. The zero-order valence-corrected chi connectivity index (χ0v) is 75.0. The number of rotatable bonds is 8. The highest BCUT2D eigenvalue weighted by Crippen LogP contribution is 2.42. The third-order valence-electron chi connectivity index (χ3n) is 21.2. The number of pyridine rings is 1. The van der Waals surface area contributed by atoms with Crippen molar-refractivity contribution in [2.75, 3.05) is 4.90 Å². The van der Waals surface area contributed by atoms with E-state index in [-0.39, 0.29) is 43.3 Å². The van der Waals surface area contributed by atoms with Gasteiger partial charge >= 0.3 is 0 Å². The summed E-state index contributed by atoms with van der Waals surface area (Å²) in [6.07, 6.45) is 0. The molecule has 0 N–H and O–H groups in total. The fourth-order valence-corrected chi connectivity index (χ4v) is 21.3. The molecule has 12 aromatic carbocycles. The van der Waals surface area contributed by atoms with Crippen LogP contribution in [0.1, 0.15) is 183 Å². The van der Waals surface area contributed by atoms with E-state index in [1.807, 2.05) is 20.8 Å². The summed E-state index contributed by atoms with van der Waals surface area (Å²) in [5.74, 6) is 0. The van der Waals surface area contributed by atoms with Gasteiger partial charge in [0.15, 0.2) is 8.07 Å². The first kappa shape index (κ1) is 87.3. The fourth-order valence-electron chi connectivity index (χ4n) is 15.6. The molecule has 3 aromatic heterocycles. The average Bonchev–Trinajstić information content (AvgIpc) is 1.56. The van der Waals surface area contributed by atoms with Crippen LogP contribution in [0.15, 0.2) is 334 Å². The minimum absolute atomic E-state index is 0.0231. The van der Waals surface area contributed by atoms with E-state index >= 15 is 0 Å². The molecule has 0 atom stereocenters. The summed E-state index contributed by atoms with van der Waals surface area (Å²) >= 11 is 0. The standard InChI is InChI=1S/C27H25N.C24H33N.C22H24Si.C16H17N.C16H19N.C5H9N/c1-27(2,3)26-16-10-15-25(28-26)24-18-22(20-11-6-4-7-12-20)17-23(19-24)21-13-8-5-9-14-21;1-22(2,3)16-10-12-20-18(14-16)19-15-17(23(4,5)6)11-13-21(19)25(20)24(7,8)9;1-22(2,3)23(19-13-7-4-8-14-19,20-15-9-5-10-16-20)21-17-11-6-12-18-21;1-16(2,3)17-14-10-6-4-8-12(14)13-9-5-7-11-15(13)17;1-16(2,3)17(14-10-6-4-7-11-14)15-12-8-5-9-13-15;1-5(2,3)4-6/h4-19H,1-3H3;10-15H,1-9H3;4-18H,1-3H3;4-11H,1-3H3;4-13H,1-3H3;1-3H3. The Labute approximate surface area is 697 Å². The van der Waals surface area contributed by atoms with Crippen LogP contribution in [0.5, 0.6) is 0 Å². The predicted octanol–water partition coefficient (Wildman–Crippen LogP) is 29.2. The molecule has 0 aliphatic rings. The molecule has 3 heterocycles. The molecule has 0 saturated heterocycles. The van der Waals surface area contributed by atoms with Gasteiger partial charge in [-0.05, 0) is 239 Å². The summed E-state index contributed by atoms with van der Waals surface area (Å²) in [7, 11) is -2.13. The number of nitrogens with zero attached hydrogens (tertiary/aromatic N) is 5. The Hall–Kier alpha value is -11.1. The number of nitriles is 1. The minimum atomic E-state index is -2.13. The van der Waals surface area contributed by atoms with E-state index in [1.54, 1.807) is 0 Å². The Balaban J connectivity index is 0.000000152. The second kappa shape index (κ2) is 36.0. The molecule has 0 unspecified atom stereocenters. The lowest BCUT2D eigenvalue weighted by molar-refractivity contribution is 0.423. The average molecular weight is 1550 g/mol. The molecular formula is C110H127N5Si. The monoisotopic (exact) mass is 1550 g/mol. The molecule has 15 aromatic rings. The molecule has 0 radical (unpaired) electrons. The third-order valence-corrected chi connectivity index (χ3v) is 27.0. The van der Waals surface area contributed by atoms with E-state index in [2.05, 4.69) is 499 Å². The van der Waals surface area contributed by atoms with Crippen LogP contribution in [-0.2, 0) is 27.3 Å². The summed E-state index contributed by atoms with van der Waals surface area (Å²) in [6, 6.07) is 122. The lowest BCUT2D eigenvalue weighted by Crippen LogP contribution is -2.72. The molecular weight excluding hydrogens is 1420 g/mol. The van der Waals surface area contributed by atoms with E-state index in [4.69, 9.17) is 10.2 Å². The van der Waals surface area contributed by atoms with Crippen molar-refractivity contribution >= 4 is 78.6 Å². The molecule has 0 spiro atoms. The molecule has 0 bridgehead atoms. The highest BCUT2D eigenvalue weighted by molar-refractivity contribution is 7.13. The smallest absolute Gasteiger partial charge is 0.153 e. The second-order valence-corrected chi connectivity index (χ2v) is 43.6. The van der Waals surface area contributed by atoms with Gasteiger partial charge in [-0.2, -0.15) is 5.26 Å². The van der Waals surface area contributed by atoms with Crippen LogP contribution in [0, 0.1) is 16.7 Å². The number of benzene rings is 12. The zero-order chi connectivity index (χ0) is 84.2. The lowest BCUT2D eigenvalue weighted by atomic mass is 9.85. The number of hydrogen-bond acceptors (Lipinski definition) is 3. The summed E-state index contributed by atoms with van der Waals surface area (Å²) in [4.78, 5) is 7.34. The number of aromatic nitrogens is 3. The maximum absolute atomic E-state index is 8.15. The predicted molar refractivity (Wildman–Crippen MR) is 509 cm³/mol. The summed E-state index contributed by atoms with van der Waals surface area (Å²) in [5.41, 5.74) is 19.1. The van der Waals surface area contributed by atoms with Crippen LogP contribution >= 0.6 is 0 Å².